The summed E-state index contributed by atoms with van der Waals surface area (Å²) in [7, 11) is 0. The molecule has 0 unspecified atom stereocenters. The van der Waals surface area contributed by atoms with Crippen LogP contribution < -0.4 is 5.32 Å². The minimum atomic E-state index is 0.690. The first kappa shape index (κ1) is 12.1. The van der Waals surface area contributed by atoms with E-state index >= 15 is 0 Å². The molecule has 5 rings (SSSR count). The molecule has 0 amide bonds. The van der Waals surface area contributed by atoms with Gasteiger partial charge in [0.25, 0.3) is 0 Å². The Morgan fingerprint density at radius 3 is 2.37 bits per heavy atom. The standard InChI is InChI=1S/C17H26N2/c1-3-18-11-13(1)2-4-19-12-17-8-14-5-15(9-17)7-16(6-14)10-17/h3,11,14-16,19H,1-2,4-10,12H2. The van der Waals surface area contributed by atoms with Crippen molar-refractivity contribution in [1.82, 2.24) is 5.32 Å². The maximum atomic E-state index is 4.18. The molecule has 5 aliphatic rings. The Labute approximate surface area is 116 Å². The highest BCUT2D eigenvalue weighted by atomic mass is 14.9. The van der Waals surface area contributed by atoms with E-state index in [4.69, 9.17) is 0 Å². The highest BCUT2D eigenvalue weighted by Gasteiger charge is 2.50. The van der Waals surface area contributed by atoms with Crippen LogP contribution in [0, 0.1) is 23.2 Å². The molecular formula is C17H26N2. The average Bonchev–Trinajstić information content (AvgIpc) is 2.86. The van der Waals surface area contributed by atoms with Crippen molar-refractivity contribution in [2.24, 2.45) is 28.2 Å². The van der Waals surface area contributed by atoms with Crippen LogP contribution >= 0.6 is 0 Å². The van der Waals surface area contributed by atoms with Gasteiger partial charge in [-0.25, -0.2) is 0 Å². The van der Waals surface area contributed by atoms with Crippen molar-refractivity contribution in [3.8, 4) is 0 Å². The van der Waals surface area contributed by atoms with E-state index in [2.05, 4.69) is 10.3 Å². The van der Waals surface area contributed by atoms with E-state index < -0.39 is 0 Å². The number of rotatable bonds is 5. The molecule has 1 heterocycles. The first-order valence-electron chi connectivity index (χ1n) is 8.22. The van der Waals surface area contributed by atoms with Crippen molar-refractivity contribution >= 4 is 6.21 Å². The number of hydrogen-bond donors (Lipinski definition) is 1. The molecule has 0 radical (unpaired) electrons. The van der Waals surface area contributed by atoms with Crippen molar-refractivity contribution in [2.75, 3.05) is 13.1 Å². The summed E-state index contributed by atoms with van der Waals surface area (Å²) in [5.41, 5.74) is 2.19. The fourth-order valence-corrected chi connectivity index (χ4v) is 5.66. The van der Waals surface area contributed by atoms with Crippen LogP contribution in [0.2, 0.25) is 0 Å². The van der Waals surface area contributed by atoms with Gasteiger partial charge in [-0.15, -0.1) is 0 Å². The summed E-state index contributed by atoms with van der Waals surface area (Å²) >= 11 is 0. The molecule has 4 bridgehead atoms. The Morgan fingerprint density at radius 1 is 1.11 bits per heavy atom. The molecule has 1 N–H and O–H groups in total. The number of nitrogens with one attached hydrogen (secondary N) is 1. The first-order valence-corrected chi connectivity index (χ1v) is 8.22. The topological polar surface area (TPSA) is 24.4 Å². The highest BCUT2D eigenvalue weighted by Crippen LogP contribution is 2.59. The fourth-order valence-electron chi connectivity index (χ4n) is 5.66. The highest BCUT2D eigenvalue weighted by molar-refractivity contribution is 5.65. The lowest BCUT2D eigenvalue weighted by Crippen LogP contribution is -2.50. The average molecular weight is 258 g/mol. The van der Waals surface area contributed by atoms with Crippen LogP contribution in [-0.4, -0.2) is 19.3 Å². The maximum absolute atomic E-state index is 4.18. The van der Waals surface area contributed by atoms with Gasteiger partial charge >= 0.3 is 0 Å². The monoisotopic (exact) mass is 258 g/mol. The minimum absolute atomic E-state index is 0.690. The molecule has 4 aliphatic carbocycles. The second-order valence-electron chi connectivity index (χ2n) is 7.67. The summed E-state index contributed by atoms with van der Waals surface area (Å²) in [4.78, 5) is 4.18. The quantitative estimate of drug-likeness (QED) is 0.749. The van der Waals surface area contributed by atoms with Gasteiger partial charge in [-0.3, -0.25) is 4.99 Å². The molecule has 0 aromatic heterocycles. The van der Waals surface area contributed by atoms with Crippen molar-refractivity contribution in [3.63, 3.8) is 0 Å². The second kappa shape index (κ2) is 4.73. The molecule has 2 heteroatoms. The van der Waals surface area contributed by atoms with Gasteiger partial charge in [-0.05, 0) is 80.2 Å². The molecular weight excluding hydrogens is 232 g/mol. The van der Waals surface area contributed by atoms with Gasteiger partial charge < -0.3 is 5.32 Å². The molecule has 19 heavy (non-hydrogen) atoms. The van der Waals surface area contributed by atoms with Gasteiger partial charge in [-0.2, -0.15) is 0 Å². The third-order valence-electron chi connectivity index (χ3n) is 6.00. The molecule has 2 nitrogen and oxygen atoms in total. The molecule has 0 spiro atoms. The normalized spacial score (nSPS) is 42.9. The molecule has 4 fully saturated rings. The Balaban J connectivity index is 1.28. The first-order chi connectivity index (χ1) is 9.31. The van der Waals surface area contributed by atoms with Crippen LogP contribution in [0.15, 0.2) is 16.8 Å². The molecule has 0 saturated heterocycles. The van der Waals surface area contributed by atoms with E-state index in [9.17, 15) is 0 Å². The third kappa shape index (κ3) is 2.40. The van der Waals surface area contributed by atoms with E-state index in [0.717, 1.165) is 30.7 Å². The SMILES string of the molecule is C1=NC=C(CCNCC23CC4CC(CC(C4)C2)C3)C1. The van der Waals surface area contributed by atoms with Gasteiger partial charge in [0.15, 0.2) is 0 Å². The van der Waals surface area contributed by atoms with Crippen molar-refractivity contribution in [3.05, 3.63) is 11.8 Å². The van der Waals surface area contributed by atoms with E-state index in [1.54, 1.807) is 19.3 Å². The number of hydrogen-bond acceptors (Lipinski definition) is 2. The summed E-state index contributed by atoms with van der Waals surface area (Å²) in [6, 6.07) is 0. The van der Waals surface area contributed by atoms with E-state index in [1.165, 1.54) is 37.8 Å². The van der Waals surface area contributed by atoms with Crippen molar-refractivity contribution in [2.45, 2.75) is 51.4 Å². The third-order valence-corrected chi connectivity index (χ3v) is 6.00. The van der Waals surface area contributed by atoms with E-state index in [-0.39, 0.29) is 0 Å². The van der Waals surface area contributed by atoms with Crippen LogP contribution in [0.25, 0.3) is 0 Å². The van der Waals surface area contributed by atoms with Gasteiger partial charge in [-0.1, -0.05) is 0 Å². The Kier molecular flexibility index (Phi) is 3.02. The fraction of sp³-hybridized carbons (Fsp3) is 0.824. The Morgan fingerprint density at radius 2 is 1.79 bits per heavy atom. The zero-order chi connectivity index (χ0) is 12.7. The summed E-state index contributed by atoms with van der Waals surface area (Å²) in [6.07, 6.45) is 15.6. The zero-order valence-electron chi connectivity index (χ0n) is 11.9. The number of nitrogens with zero attached hydrogens (tertiary/aromatic N) is 1. The van der Waals surface area contributed by atoms with E-state index in [1.807, 2.05) is 12.4 Å². The Bertz CT molecular complexity index is 372. The predicted molar refractivity (Wildman–Crippen MR) is 79.3 cm³/mol. The van der Waals surface area contributed by atoms with Gasteiger partial charge in [0, 0.05) is 25.4 Å². The van der Waals surface area contributed by atoms with Gasteiger partial charge in [0.05, 0.1) is 0 Å². The van der Waals surface area contributed by atoms with Gasteiger partial charge in [0.2, 0.25) is 0 Å². The minimum Gasteiger partial charge on any atom is -0.316 e. The van der Waals surface area contributed by atoms with Crippen LogP contribution in [0.4, 0.5) is 0 Å². The van der Waals surface area contributed by atoms with Crippen LogP contribution in [0.5, 0.6) is 0 Å². The molecule has 1 aliphatic heterocycles. The molecule has 0 aromatic rings. The smallest absolute Gasteiger partial charge is 0.0260 e. The van der Waals surface area contributed by atoms with Crippen molar-refractivity contribution < 1.29 is 0 Å². The van der Waals surface area contributed by atoms with Crippen LogP contribution in [0.1, 0.15) is 51.4 Å². The Hall–Kier alpha value is -0.630. The lowest BCUT2D eigenvalue weighted by molar-refractivity contribution is -0.0511. The number of aliphatic imine (C=N–C) groups is 1. The van der Waals surface area contributed by atoms with Crippen LogP contribution in [-0.2, 0) is 0 Å². The van der Waals surface area contributed by atoms with E-state index in [0.29, 0.717) is 5.41 Å². The largest absolute Gasteiger partial charge is 0.316 e. The summed E-state index contributed by atoms with van der Waals surface area (Å²) in [6.45, 7) is 2.43. The van der Waals surface area contributed by atoms with Gasteiger partial charge in [0.1, 0.15) is 0 Å². The maximum Gasteiger partial charge on any atom is 0.0260 e. The molecule has 4 saturated carbocycles. The summed E-state index contributed by atoms with van der Waals surface area (Å²) in [5.74, 6) is 3.25. The second-order valence-corrected chi connectivity index (χ2v) is 7.67. The molecule has 0 atom stereocenters. The lowest BCUT2D eigenvalue weighted by Gasteiger charge is -2.57. The molecule has 104 valence electrons. The van der Waals surface area contributed by atoms with Crippen molar-refractivity contribution in [1.29, 1.82) is 0 Å². The zero-order valence-corrected chi connectivity index (χ0v) is 11.9. The van der Waals surface area contributed by atoms with Crippen LogP contribution in [0.3, 0.4) is 0 Å². The molecule has 0 aromatic carbocycles. The lowest BCUT2D eigenvalue weighted by atomic mass is 9.49. The summed E-state index contributed by atoms with van der Waals surface area (Å²) in [5, 5.41) is 3.77. The summed E-state index contributed by atoms with van der Waals surface area (Å²) < 4.78 is 0. The predicted octanol–water partition coefficient (Wildman–Crippen LogP) is 3.54.